The molecule has 1 N–H and O–H groups in total. The molecule has 3 saturated carbocycles. The zero-order chi connectivity index (χ0) is 22.9. The Balaban J connectivity index is 1.59. The average molecular weight is 498 g/mol. The number of rotatable bonds is 6. The van der Waals surface area contributed by atoms with Gasteiger partial charge in [-0.3, -0.25) is 4.79 Å². The third-order valence-corrected chi connectivity index (χ3v) is 10.1. The van der Waals surface area contributed by atoms with E-state index < -0.39 is 22.2 Å². The maximum Gasteiger partial charge on any atom is 0.316 e. The van der Waals surface area contributed by atoms with Gasteiger partial charge >= 0.3 is 5.97 Å². The number of carbonyl (C=O) groups is 1. The molecule has 4 bridgehead atoms. The number of fused-ring (bicyclic) bond motifs is 2. The van der Waals surface area contributed by atoms with Gasteiger partial charge < -0.3 is 9.84 Å². The lowest BCUT2D eigenvalue weighted by atomic mass is 9.43. The maximum atomic E-state index is 13.4. The number of aliphatic carboxylic acids is 1. The molecule has 4 aliphatic carbocycles. The molecule has 0 heterocycles. The number of ether oxygens (including phenoxy) is 1. The fourth-order valence-electron chi connectivity index (χ4n) is 8.47. The van der Waals surface area contributed by atoms with Gasteiger partial charge in [-0.1, -0.05) is 66.9 Å². The first-order valence-electron chi connectivity index (χ1n) is 11.9. The van der Waals surface area contributed by atoms with Gasteiger partial charge in [0.25, 0.3) is 0 Å². The first kappa shape index (κ1) is 22.2. The van der Waals surface area contributed by atoms with Crippen molar-refractivity contribution in [1.29, 1.82) is 5.26 Å². The Morgan fingerprint density at radius 1 is 1.28 bits per heavy atom. The highest BCUT2D eigenvalue weighted by Gasteiger charge is 2.84. The SMILES string of the molecule is CC(C)C1=C[C@H]2C[C@]3(C#N)[C@@H]4CC[C@@H](C)[C@H]4C[C@@]2(COCc2ccc(Br)cc2)[C@]13C(=O)O. The van der Waals surface area contributed by atoms with E-state index >= 15 is 0 Å². The summed E-state index contributed by atoms with van der Waals surface area (Å²) in [5, 5.41) is 21.7. The van der Waals surface area contributed by atoms with Crippen LogP contribution >= 0.6 is 15.9 Å². The first-order valence-corrected chi connectivity index (χ1v) is 12.7. The maximum absolute atomic E-state index is 13.4. The van der Waals surface area contributed by atoms with Crippen LogP contribution in [0.2, 0.25) is 0 Å². The summed E-state index contributed by atoms with van der Waals surface area (Å²) in [6.07, 6.45) is 5.83. The molecule has 0 spiro atoms. The number of hydrogen-bond donors (Lipinski definition) is 1. The molecule has 4 aliphatic rings. The lowest BCUT2D eigenvalue weighted by molar-refractivity contribution is -0.179. The summed E-state index contributed by atoms with van der Waals surface area (Å²) in [5.41, 5.74) is -0.451. The molecule has 0 unspecified atom stereocenters. The normalized spacial score (nSPS) is 41.4. The van der Waals surface area contributed by atoms with Crippen LogP contribution in [0.3, 0.4) is 0 Å². The molecular formula is C27H32BrNO3. The lowest BCUT2D eigenvalue weighted by Crippen LogP contribution is -2.62. The molecule has 5 heteroatoms. The van der Waals surface area contributed by atoms with Crippen molar-refractivity contribution < 1.29 is 14.6 Å². The van der Waals surface area contributed by atoms with E-state index in [1.54, 1.807) is 0 Å². The second kappa shape index (κ2) is 7.43. The van der Waals surface area contributed by atoms with E-state index in [1.807, 2.05) is 24.3 Å². The van der Waals surface area contributed by atoms with Crippen LogP contribution in [0.15, 0.2) is 40.4 Å². The van der Waals surface area contributed by atoms with Gasteiger partial charge in [0, 0.05) is 9.89 Å². The zero-order valence-corrected chi connectivity index (χ0v) is 20.7. The van der Waals surface area contributed by atoms with Crippen LogP contribution in [0.5, 0.6) is 0 Å². The molecule has 5 rings (SSSR count). The molecule has 0 aliphatic heterocycles. The third kappa shape index (κ3) is 2.54. The number of nitriles is 1. The smallest absolute Gasteiger partial charge is 0.316 e. The highest BCUT2D eigenvalue weighted by atomic mass is 79.9. The van der Waals surface area contributed by atoms with Gasteiger partial charge in [0.1, 0.15) is 5.41 Å². The summed E-state index contributed by atoms with van der Waals surface area (Å²) in [6.45, 7) is 7.32. The number of carboxylic acid groups (broad SMARTS) is 1. The predicted octanol–water partition coefficient (Wildman–Crippen LogP) is 6.21. The van der Waals surface area contributed by atoms with E-state index in [1.165, 1.54) is 0 Å². The Bertz CT molecular complexity index is 1010. The van der Waals surface area contributed by atoms with Crippen LogP contribution in [-0.4, -0.2) is 17.7 Å². The van der Waals surface area contributed by atoms with Gasteiger partial charge in [0.2, 0.25) is 0 Å². The Morgan fingerprint density at radius 2 is 2.00 bits per heavy atom. The minimum absolute atomic E-state index is 0.0957. The van der Waals surface area contributed by atoms with Gasteiger partial charge in [0.05, 0.1) is 24.7 Å². The molecular weight excluding hydrogens is 466 g/mol. The summed E-state index contributed by atoms with van der Waals surface area (Å²) in [5.74, 6) is 0.506. The summed E-state index contributed by atoms with van der Waals surface area (Å²) in [4.78, 5) is 13.4. The number of halogens is 1. The molecule has 0 radical (unpaired) electrons. The van der Waals surface area contributed by atoms with Crippen molar-refractivity contribution in [3.05, 3.63) is 46.0 Å². The van der Waals surface area contributed by atoms with Crippen molar-refractivity contribution in [2.75, 3.05) is 6.61 Å². The zero-order valence-electron chi connectivity index (χ0n) is 19.1. The molecule has 3 fully saturated rings. The topological polar surface area (TPSA) is 70.3 Å². The van der Waals surface area contributed by atoms with Gasteiger partial charge in [0.15, 0.2) is 0 Å². The van der Waals surface area contributed by atoms with Crippen molar-refractivity contribution >= 4 is 21.9 Å². The van der Waals surface area contributed by atoms with Crippen molar-refractivity contribution in [1.82, 2.24) is 0 Å². The lowest BCUT2D eigenvalue weighted by Gasteiger charge is -2.57. The second-order valence-electron chi connectivity index (χ2n) is 11.0. The van der Waals surface area contributed by atoms with Crippen molar-refractivity contribution in [2.45, 2.75) is 53.1 Å². The highest BCUT2D eigenvalue weighted by Crippen LogP contribution is 2.83. The number of carboxylic acids is 1. The van der Waals surface area contributed by atoms with Crippen LogP contribution in [0.4, 0.5) is 0 Å². The van der Waals surface area contributed by atoms with Crippen molar-refractivity contribution in [3.8, 4) is 6.07 Å². The Labute approximate surface area is 199 Å². The Kier molecular flexibility index (Phi) is 5.15. The first-order chi connectivity index (χ1) is 15.2. The predicted molar refractivity (Wildman–Crippen MR) is 125 cm³/mol. The number of nitrogens with zero attached hydrogens (tertiary/aromatic N) is 1. The van der Waals surface area contributed by atoms with E-state index in [2.05, 4.69) is 48.8 Å². The van der Waals surface area contributed by atoms with E-state index in [-0.39, 0.29) is 17.8 Å². The van der Waals surface area contributed by atoms with Crippen molar-refractivity contribution in [2.24, 2.45) is 45.8 Å². The Hall–Kier alpha value is -1.64. The number of allylic oxidation sites excluding steroid dienone is 1. The molecule has 0 saturated heterocycles. The molecule has 32 heavy (non-hydrogen) atoms. The van der Waals surface area contributed by atoms with Crippen LogP contribution in [-0.2, 0) is 16.1 Å². The number of benzene rings is 1. The fourth-order valence-corrected chi connectivity index (χ4v) is 8.74. The summed E-state index contributed by atoms with van der Waals surface area (Å²) in [7, 11) is 0. The monoisotopic (exact) mass is 497 g/mol. The molecule has 4 nitrogen and oxygen atoms in total. The van der Waals surface area contributed by atoms with Gasteiger partial charge in [-0.15, -0.1) is 0 Å². The largest absolute Gasteiger partial charge is 0.481 e. The minimum Gasteiger partial charge on any atom is -0.481 e. The standard InChI is InChI=1S/C27H32BrNO3/c1-16(2)23-10-19-11-25(14-29)22-9-4-17(3)21(22)12-26(19,27(23,25)24(30)31)15-32-13-18-5-7-20(28)8-6-18/h5-8,10,16-17,19,21-22H,4,9,11-13,15H2,1-3H3,(H,30,31)/t17-,19+,21-,22-,25+,26+,27+/m1/s1. The molecule has 0 aromatic heterocycles. The third-order valence-electron chi connectivity index (χ3n) is 9.58. The van der Waals surface area contributed by atoms with Gasteiger partial charge in [-0.25, -0.2) is 0 Å². The fraction of sp³-hybridized carbons (Fsp3) is 0.630. The summed E-state index contributed by atoms with van der Waals surface area (Å²) < 4.78 is 7.38. The molecule has 0 amide bonds. The second-order valence-corrected chi connectivity index (χ2v) is 11.9. The van der Waals surface area contributed by atoms with Crippen LogP contribution in [0.25, 0.3) is 0 Å². The van der Waals surface area contributed by atoms with Crippen LogP contribution < -0.4 is 0 Å². The summed E-state index contributed by atoms with van der Waals surface area (Å²) in [6, 6.07) is 10.8. The van der Waals surface area contributed by atoms with E-state index in [0.717, 1.165) is 34.9 Å². The van der Waals surface area contributed by atoms with Crippen molar-refractivity contribution in [3.63, 3.8) is 0 Å². The van der Waals surface area contributed by atoms with E-state index in [4.69, 9.17) is 4.74 Å². The molecule has 1 aromatic rings. The van der Waals surface area contributed by atoms with Gasteiger partial charge in [-0.05, 0) is 66.5 Å². The highest BCUT2D eigenvalue weighted by molar-refractivity contribution is 9.10. The Morgan fingerprint density at radius 3 is 2.62 bits per heavy atom. The quantitative estimate of drug-likeness (QED) is 0.473. The average Bonchev–Trinajstić information content (AvgIpc) is 3.32. The summed E-state index contributed by atoms with van der Waals surface area (Å²) >= 11 is 3.47. The van der Waals surface area contributed by atoms with Crippen LogP contribution in [0.1, 0.15) is 52.0 Å². The number of hydrogen-bond acceptors (Lipinski definition) is 3. The van der Waals surface area contributed by atoms with E-state index in [0.29, 0.717) is 31.5 Å². The molecule has 170 valence electrons. The minimum atomic E-state index is -1.14. The molecule has 7 atom stereocenters. The molecule has 1 aromatic carbocycles. The van der Waals surface area contributed by atoms with Gasteiger partial charge in [-0.2, -0.15) is 5.26 Å². The van der Waals surface area contributed by atoms with E-state index in [9.17, 15) is 15.2 Å². The van der Waals surface area contributed by atoms with Crippen LogP contribution in [0, 0.1) is 57.2 Å².